The molecule has 2 aromatic rings. The topological polar surface area (TPSA) is 111 Å². The summed E-state index contributed by atoms with van der Waals surface area (Å²) in [5.41, 5.74) is 5.00. The van der Waals surface area contributed by atoms with Gasteiger partial charge in [-0.1, -0.05) is 17.7 Å². The molecule has 8 nitrogen and oxygen atoms in total. The Morgan fingerprint density at radius 1 is 1.19 bits per heavy atom. The molecular formula is C17H16ClN3O5. The Kier molecular flexibility index (Phi) is 6.13. The molecule has 0 unspecified atom stereocenters. The van der Waals surface area contributed by atoms with Crippen LogP contribution >= 0.6 is 11.6 Å². The molecule has 0 bridgehead atoms. The summed E-state index contributed by atoms with van der Waals surface area (Å²) in [5.74, 6) is -0.780. The van der Waals surface area contributed by atoms with Crippen LogP contribution in [0, 0.1) is 17.0 Å². The van der Waals surface area contributed by atoms with Crippen LogP contribution in [0.15, 0.2) is 42.5 Å². The van der Waals surface area contributed by atoms with Crippen LogP contribution in [0.2, 0.25) is 5.02 Å². The molecule has 2 aromatic carbocycles. The van der Waals surface area contributed by atoms with E-state index < -0.39 is 22.8 Å². The quantitative estimate of drug-likeness (QED) is 0.614. The molecule has 0 heterocycles. The maximum absolute atomic E-state index is 12.1. The first-order chi connectivity index (χ1) is 12.3. The van der Waals surface area contributed by atoms with Gasteiger partial charge < -0.3 is 4.74 Å². The zero-order valence-corrected chi connectivity index (χ0v) is 14.7. The van der Waals surface area contributed by atoms with E-state index in [4.69, 9.17) is 16.3 Å². The third kappa shape index (κ3) is 4.93. The number of hydrazine groups is 1. The lowest BCUT2D eigenvalue weighted by atomic mass is 10.2. The highest BCUT2D eigenvalue weighted by Crippen LogP contribution is 2.22. The molecule has 9 heteroatoms. The van der Waals surface area contributed by atoms with Crippen LogP contribution in [0.3, 0.4) is 0 Å². The van der Waals surface area contributed by atoms with Crippen molar-refractivity contribution < 1.29 is 19.2 Å². The first-order valence-corrected chi connectivity index (χ1v) is 7.93. The third-order valence-corrected chi connectivity index (χ3v) is 3.66. The summed E-state index contributed by atoms with van der Waals surface area (Å²) in [6.07, 6.45) is -0.889. The molecule has 0 fully saturated rings. The van der Waals surface area contributed by atoms with Crippen molar-refractivity contribution in [3.8, 4) is 5.75 Å². The molecule has 2 N–H and O–H groups in total. The number of benzene rings is 2. The fourth-order valence-corrected chi connectivity index (χ4v) is 2.27. The minimum absolute atomic E-state index is 0.0432. The van der Waals surface area contributed by atoms with E-state index in [1.807, 2.05) is 0 Å². The number of non-ortho nitro benzene ring substituents is 1. The summed E-state index contributed by atoms with van der Waals surface area (Å²) < 4.78 is 5.54. The molecule has 2 rings (SSSR count). The number of nitro benzene ring substituents is 1. The van der Waals surface area contributed by atoms with Gasteiger partial charge in [-0.2, -0.15) is 0 Å². The fourth-order valence-electron chi connectivity index (χ4n) is 2.04. The second-order valence-corrected chi connectivity index (χ2v) is 5.86. The van der Waals surface area contributed by atoms with Crippen LogP contribution in [0.4, 0.5) is 5.69 Å². The first kappa shape index (κ1) is 19.2. The van der Waals surface area contributed by atoms with Gasteiger partial charge in [-0.15, -0.1) is 0 Å². The Balaban J connectivity index is 1.94. The van der Waals surface area contributed by atoms with Gasteiger partial charge >= 0.3 is 0 Å². The molecule has 0 aliphatic carbocycles. The van der Waals surface area contributed by atoms with E-state index in [2.05, 4.69) is 10.9 Å². The second kappa shape index (κ2) is 8.30. The average Bonchev–Trinajstić information content (AvgIpc) is 2.61. The summed E-state index contributed by atoms with van der Waals surface area (Å²) in [5, 5.41) is 11.3. The minimum atomic E-state index is -0.889. The van der Waals surface area contributed by atoms with Crippen molar-refractivity contribution in [2.24, 2.45) is 0 Å². The predicted octanol–water partition coefficient (Wildman–Crippen LogP) is 2.79. The highest BCUT2D eigenvalue weighted by molar-refractivity contribution is 6.30. The number of hydrogen-bond donors (Lipinski definition) is 2. The summed E-state index contributed by atoms with van der Waals surface area (Å²) in [6, 6.07) is 10.1. The molecule has 2 amide bonds. The smallest absolute Gasteiger partial charge is 0.279 e. The van der Waals surface area contributed by atoms with Crippen LogP contribution in [-0.4, -0.2) is 22.8 Å². The molecule has 0 aliphatic rings. The molecule has 0 saturated carbocycles. The average molecular weight is 378 g/mol. The lowest BCUT2D eigenvalue weighted by molar-refractivity contribution is -0.384. The van der Waals surface area contributed by atoms with Crippen LogP contribution in [-0.2, 0) is 4.79 Å². The van der Waals surface area contributed by atoms with Crippen molar-refractivity contribution in [3.63, 3.8) is 0 Å². The maximum atomic E-state index is 12.1. The number of nitrogens with one attached hydrogen (secondary N) is 2. The lowest BCUT2D eigenvalue weighted by Gasteiger charge is -2.16. The number of nitrogens with zero attached hydrogens (tertiary/aromatic N) is 1. The predicted molar refractivity (Wildman–Crippen MR) is 95.0 cm³/mol. The molecule has 0 saturated heterocycles. The molecule has 0 spiro atoms. The van der Waals surface area contributed by atoms with Crippen LogP contribution in [0.1, 0.15) is 22.8 Å². The van der Waals surface area contributed by atoms with Gasteiger partial charge in [-0.05, 0) is 43.7 Å². The number of hydrogen-bond acceptors (Lipinski definition) is 5. The SMILES string of the molecule is Cc1cc(Cl)ccc1O[C@H](C)C(=O)NNC(=O)c1cccc([N+](=O)[O-])c1. The second-order valence-electron chi connectivity index (χ2n) is 5.42. The third-order valence-electron chi connectivity index (χ3n) is 3.43. The molecule has 136 valence electrons. The van der Waals surface area contributed by atoms with E-state index >= 15 is 0 Å². The Hall–Kier alpha value is -3.13. The van der Waals surface area contributed by atoms with Crippen molar-refractivity contribution in [2.45, 2.75) is 20.0 Å². The highest BCUT2D eigenvalue weighted by atomic mass is 35.5. The van der Waals surface area contributed by atoms with Gasteiger partial charge in [0.2, 0.25) is 0 Å². The number of aryl methyl sites for hydroxylation is 1. The largest absolute Gasteiger partial charge is 0.481 e. The lowest BCUT2D eigenvalue weighted by Crippen LogP contribution is -2.47. The van der Waals surface area contributed by atoms with Gasteiger partial charge in [-0.25, -0.2) is 0 Å². The molecule has 0 radical (unpaired) electrons. The van der Waals surface area contributed by atoms with E-state index in [9.17, 15) is 19.7 Å². The number of nitro groups is 1. The summed E-state index contributed by atoms with van der Waals surface area (Å²) in [6.45, 7) is 3.30. The molecule has 0 aliphatic heterocycles. The zero-order chi connectivity index (χ0) is 19.3. The van der Waals surface area contributed by atoms with Crippen molar-refractivity contribution >= 4 is 29.1 Å². The van der Waals surface area contributed by atoms with Gasteiger partial charge in [0.25, 0.3) is 17.5 Å². The number of ether oxygens (including phenoxy) is 1. The fraction of sp³-hybridized carbons (Fsp3) is 0.176. The highest BCUT2D eigenvalue weighted by Gasteiger charge is 2.17. The van der Waals surface area contributed by atoms with Crippen molar-refractivity contribution in [3.05, 3.63) is 68.7 Å². The first-order valence-electron chi connectivity index (χ1n) is 7.55. The number of halogens is 1. The van der Waals surface area contributed by atoms with Gasteiger partial charge in [0.1, 0.15) is 5.75 Å². The van der Waals surface area contributed by atoms with E-state index in [1.54, 1.807) is 25.1 Å². The molecule has 1 atom stereocenters. The summed E-state index contributed by atoms with van der Waals surface area (Å²) in [4.78, 5) is 34.2. The van der Waals surface area contributed by atoms with Crippen molar-refractivity contribution in [1.29, 1.82) is 0 Å². The van der Waals surface area contributed by atoms with E-state index in [-0.39, 0.29) is 11.3 Å². The Morgan fingerprint density at radius 2 is 1.92 bits per heavy atom. The van der Waals surface area contributed by atoms with Crippen LogP contribution < -0.4 is 15.6 Å². The van der Waals surface area contributed by atoms with Crippen LogP contribution in [0.25, 0.3) is 0 Å². The molecular weight excluding hydrogens is 362 g/mol. The van der Waals surface area contributed by atoms with E-state index in [1.165, 1.54) is 25.1 Å². The molecule has 0 aromatic heterocycles. The van der Waals surface area contributed by atoms with Crippen LogP contribution in [0.5, 0.6) is 5.75 Å². The van der Waals surface area contributed by atoms with Crippen molar-refractivity contribution in [2.75, 3.05) is 0 Å². The number of carbonyl (C=O) groups excluding carboxylic acids is 2. The van der Waals surface area contributed by atoms with Gasteiger partial charge in [0.15, 0.2) is 6.10 Å². The number of rotatable bonds is 5. The van der Waals surface area contributed by atoms with E-state index in [0.29, 0.717) is 10.8 Å². The number of amides is 2. The Morgan fingerprint density at radius 3 is 2.58 bits per heavy atom. The maximum Gasteiger partial charge on any atom is 0.279 e. The van der Waals surface area contributed by atoms with Gasteiger partial charge in [0, 0.05) is 22.7 Å². The van der Waals surface area contributed by atoms with E-state index in [0.717, 1.165) is 11.6 Å². The normalized spacial score (nSPS) is 11.3. The van der Waals surface area contributed by atoms with Gasteiger partial charge in [0.05, 0.1) is 4.92 Å². The summed E-state index contributed by atoms with van der Waals surface area (Å²) in [7, 11) is 0. The Bertz CT molecular complexity index is 856. The minimum Gasteiger partial charge on any atom is -0.481 e. The van der Waals surface area contributed by atoms with Crippen molar-refractivity contribution in [1.82, 2.24) is 10.9 Å². The summed E-state index contributed by atoms with van der Waals surface area (Å²) >= 11 is 5.87. The molecule has 26 heavy (non-hydrogen) atoms. The standard InChI is InChI=1S/C17H16ClN3O5/c1-10-8-13(18)6-7-15(10)26-11(2)16(22)19-20-17(23)12-4-3-5-14(9-12)21(24)25/h3-9,11H,1-2H3,(H,19,22)(H,20,23)/t11-/m1/s1. The zero-order valence-electron chi connectivity index (χ0n) is 14.0. The monoisotopic (exact) mass is 377 g/mol. The Labute approximate surface area is 154 Å². The number of carbonyl (C=O) groups is 2. The van der Waals surface area contributed by atoms with Gasteiger partial charge in [-0.3, -0.25) is 30.6 Å².